The molecule has 1 atom stereocenters. The van der Waals surface area contributed by atoms with Crippen molar-refractivity contribution in [2.75, 3.05) is 0 Å². The van der Waals surface area contributed by atoms with Gasteiger partial charge in [-0.3, -0.25) is 9.36 Å². The quantitative estimate of drug-likeness (QED) is 0.602. The third-order valence-corrected chi connectivity index (χ3v) is 5.05. The van der Waals surface area contributed by atoms with Crippen molar-refractivity contribution < 1.29 is 9.21 Å². The highest BCUT2D eigenvalue weighted by molar-refractivity contribution is 6.31. The Morgan fingerprint density at radius 2 is 1.96 bits per heavy atom. The van der Waals surface area contributed by atoms with Crippen molar-refractivity contribution in [1.82, 2.24) is 9.47 Å². The summed E-state index contributed by atoms with van der Waals surface area (Å²) in [7, 11) is 0. The van der Waals surface area contributed by atoms with E-state index in [4.69, 9.17) is 16.0 Å². The molecular weight excluding hydrogens is 364 g/mol. The number of hydrogen-bond donors (Lipinski definition) is 0. The Morgan fingerprint density at radius 3 is 2.67 bits per heavy atom. The molecule has 0 radical (unpaired) electrons. The fraction of sp³-hybridized carbons (Fsp3) is 0.333. The summed E-state index contributed by atoms with van der Waals surface area (Å²) in [4.78, 5) is 26.9. The standard InChI is InChI=1S/C21H23ClN2O3/c1-3-15(2)24(14-16-7-5-4-6-8-16)20(25)11-12-23-18-10-9-17(22)13-19(18)27-21(23)26/h4-10,13,15H,3,11-12,14H2,1-2H3. The van der Waals surface area contributed by atoms with E-state index in [9.17, 15) is 9.59 Å². The Balaban J connectivity index is 1.76. The van der Waals surface area contributed by atoms with Crippen LogP contribution < -0.4 is 5.76 Å². The number of halogens is 1. The first kappa shape index (κ1) is 19.2. The third kappa shape index (κ3) is 4.42. The summed E-state index contributed by atoms with van der Waals surface area (Å²) in [6.07, 6.45) is 1.10. The first-order chi connectivity index (χ1) is 13.0. The molecule has 1 unspecified atom stereocenters. The smallest absolute Gasteiger partial charge is 0.408 e. The second kappa shape index (κ2) is 8.44. The zero-order chi connectivity index (χ0) is 19.4. The van der Waals surface area contributed by atoms with Crippen LogP contribution in [0.1, 0.15) is 32.3 Å². The first-order valence-corrected chi connectivity index (χ1v) is 9.49. The van der Waals surface area contributed by atoms with Gasteiger partial charge in [0.2, 0.25) is 5.91 Å². The number of oxazole rings is 1. The molecule has 0 N–H and O–H groups in total. The van der Waals surface area contributed by atoms with Gasteiger partial charge in [0.15, 0.2) is 5.58 Å². The summed E-state index contributed by atoms with van der Waals surface area (Å²) in [5.74, 6) is -0.457. The van der Waals surface area contributed by atoms with Gasteiger partial charge in [-0.1, -0.05) is 48.9 Å². The number of amides is 1. The van der Waals surface area contributed by atoms with E-state index in [1.54, 1.807) is 18.2 Å². The average molecular weight is 387 g/mol. The molecule has 0 bridgehead atoms. The van der Waals surface area contributed by atoms with Gasteiger partial charge in [-0.05, 0) is 31.0 Å². The topological polar surface area (TPSA) is 55.5 Å². The van der Waals surface area contributed by atoms with Crippen LogP contribution in [0.25, 0.3) is 11.1 Å². The van der Waals surface area contributed by atoms with E-state index in [0.29, 0.717) is 22.7 Å². The van der Waals surface area contributed by atoms with E-state index in [1.807, 2.05) is 42.2 Å². The van der Waals surface area contributed by atoms with Gasteiger partial charge in [0.1, 0.15) is 0 Å². The van der Waals surface area contributed by atoms with E-state index in [2.05, 4.69) is 6.92 Å². The van der Waals surface area contributed by atoms with Crippen LogP contribution in [0.4, 0.5) is 0 Å². The van der Waals surface area contributed by atoms with Gasteiger partial charge in [-0.2, -0.15) is 0 Å². The van der Waals surface area contributed by atoms with E-state index < -0.39 is 5.76 Å². The summed E-state index contributed by atoms with van der Waals surface area (Å²) in [6.45, 7) is 4.94. The molecule has 0 aliphatic carbocycles. The second-order valence-electron chi connectivity index (χ2n) is 6.65. The number of hydrogen-bond acceptors (Lipinski definition) is 3. The summed E-state index contributed by atoms with van der Waals surface area (Å²) in [6, 6.07) is 15.1. The Labute approximate surface area is 163 Å². The van der Waals surface area contributed by atoms with Gasteiger partial charge < -0.3 is 9.32 Å². The van der Waals surface area contributed by atoms with E-state index in [-0.39, 0.29) is 24.9 Å². The fourth-order valence-corrected chi connectivity index (χ4v) is 3.26. The molecule has 0 saturated carbocycles. The van der Waals surface area contributed by atoms with Crippen LogP contribution in [0, 0.1) is 0 Å². The lowest BCUT2D eigenvalue weighted by Gasteiger charge is -2.29. The summed E-state index contributed by atoms with van der Waals surface area (Å²) in [5.41, 5.74) is 2.17. The Kier molecular flexibility index (Phi) is 6.01. The highest BCUT2D eigenvalue weighted by Gasteiger charge is 2.20. The van der Waals surface area contributed by atoms with Crippen LogP contribution in [-0.2, 0) is 17.9 Å². The largest absolute Gasteiger partial charge is 0.419 e. The van der Waals surface area contributed by atoms with Crippen LogP contribution in [0.3, 0.4) is 0 Å². The molecule has 1 heterocycles. The molecule has 1 aromatic heterocycles. The number of aryl methyl sites for hydroxylation is 1. The Hall–Kier alpha value is -2.53. The van der Waals surface area contributed by atoms with Crippen LogP contribution >= 0.6 is 11.6 Å². The molecular formula is C21H23ClN2O3. The third-order valence-electron chi connectivity index (χ3n) is 4.82. The monoisotopic (exact) mass is 386 g/mol. The fourth-order valence-electron chi connectivity index (χ4n) is 3.09. The predicted molar refractivity (Wildman–Crippen MR) is 107 cm³/mol. The Morgan fingerprint density at radius 1 is 1.22 bits per heavy atom. The minimum absolute atomic E-state index is 0.0171. The average Bonchev–Trinajstić information content (AvgIpc) is 2.98. The molecule has 0 aliphatic rings. The zero-order valence-electron chi connectivity index (χ0n) is 15.5. The van der Waals surface area contributed by atoms with Crippen molar-refractivity contribution >= 4 is 28.6 Å². The van der Waals surface area contributed by atoms with Crippen LogP contribution in [-0.4, -0.2) is 21.4 Å². The molecule has 27 heavy (non-hydrogen) atoms. The minimum Gasteiger partial charge on any atom is -0.408 e. The minimum atomic E-state index is -0.474. The molecule has 0 fully saturated rings. The van der Waals surface area contributed by atoms with E-state index >= 15 is 0 Å². The number of fused-ring (bicyclic) bond motifs is 1. The molecule has 0 saturated heterocycles. The van der Waals surface area contributed by atoms with Crippen molar-refractivity contribution in [1.29, 1.82) is 0 Å². The maximum absolute atomic E-state index is 12.9. The number of benzene rings is 2. The van der Waals surface area contributed by atoms with Gasteiger partial charge in [-0.15, -0.1) is 0 Å². The maximum Gasteiger partial charge on any atom is 0.419 e. The lowest BCUT2D eigenvalue weighted by atomic mass is 10.1. The number of rotatable bonds is 7. The summed E-state index contributed by atoms with van der Waals surface area (Å²) < 4.78 is 6.72. The number of nitrogens with zero attached hydrogens (tertiary/aromatic N) is 2. The van der Waals surface area contributed by atoms with Gasteiger partial charge in [0.05, 0.1) is 5.52 Å². The van der Waals surface area contributed by atoms with Crippen molar-refractivity contribution in [2.45, 2.75) is 45.8 Å². The van der Waals surface area contributed by atoms with E-state index in [1.165, 1.54) is 4.57 Å². The zero-order valence-corrected chi connectivity index (χ0v) is 16.3. The molecule has 2 aromatic carbocycles. The van der Waals surface area contributed by atoms with Crippen molar-refractivity contribution in [2.24, 2.45) is 0 Å². The maximum atomic E-state index is 12.9. The highest BCUT2D eigenvalue weighted by atomic mass is 35.5. The predicted octanol–water partition coefficient (Wildman–Crippen LogP) is 4.47. The molecule has 3 aromatic rings. The molecule has 0 aliphatic heterocycles. The molecule has 1 amide bonds. The van der Waals surface area contributed by atoms with Crippen LogP contribution in [0.15, 0.2) is 57.7 Å². The lowest BCUT2D eigenvalue weighted by molar-refractivity contribution is -0.134. The number of carbonyl (C=O) groups excluding carboxylic acids is 1. The van der Waals surface area contributed by atoms with Gasteiger partial charge >= 0.3 is 5.76 Å². The van der Waals surface area contributed by atoms with E-state index in [0.717, 1.165) is 12.0 Å². The summed E-state index contributed by atoms with van der Waals surface area (Å²) in [5, 5.41) is 0.505. The highest BCUT2D eigenvalue weighted by Crippen LogP contribution is 2.19. The Bertz CT molecular complexity index is 978. The normalized spacial score (nSPS) is 12.3. The van der Waals surface area contributed by atoms with Crippen LogP contribution in [0.2, 0.25) is 5.02 Å². The second-order valence-corrected chi connectivity index (χ2v) is 7.08. The SMILES string of the molecule is CCC(C)N(Cc1ccccc1)C(=O)CCn1c(=O)oc2cc(Cl)ccc21. The molecule has 3 rings (SSSR count). The van der Waals surface area contributed by atoms with Crippen molar-refractivity contribution in [3.8, 4) is 0 Å². The van der Waals surface area contributed by atoms with Crippen molar-refractivity contribution in [3.63, 3.8) is 0 Å². The number of aromatic nitrogens is 1. The van der Waals surface area contributed by atoms with Crippen molar-refractivity contribution in [3.05, 3.63) is 69.7 Å². The lowest BCUT2D eigenvalue weighted by Crippen LogP contribution is -2.38. The van der Waals surface area contributed by atoms with Gasteiger partial charge in [-0.25, -0.2) is 4.79 Å². The van der Waals surface area contributed by atoms with Gasteiger partial charge in [0.25, 0.3) is 0 Å². The molecule has 5 nitrogen and oxygen atoms in total. The summed E-state index contributed by atoms with van der Waals surface area (Å²) >= 11 is 5.95. The molecule has 6 heteroatoms. The molecule has 0 spiro atoms. The number of carbonyl (C=O) groups is 1. The van der Waals surface area contributed by atoms with Crippen LogP contribution in [0.5, 0.6) is 0 Å². The first-order valence-electron chi connectivity index (χ1n) is 9.12. The van der Waals surface area contributed by atoms with Gasteiger partial charge in [0, 0.05) is 36.6 Å². The molecule has 142 valence electrons.